The quantitative estimate of drug-likeness (QED) is 0.661. The lowest BCUT2D eigenvalue weighted by Crippen LogP contribution is -2.04. The summed E-state index contributed by atoms with van der Waals surface area (Å²) in [5.74, 6) is 0. The van der Waals surface area contributed by atoms with Crippen LogP contribution in [0.2, 0.25) is 0 Å². The van der Waals surface area contributed by atoms with Crippen molar-refractivity contribution in [2.75, 3.05) is 11.9 Å². The molecule has 94 valence electrons. The molecule has 2 rings (SSSR count). The van der Waals surface area contributed by atoms with Gasteiger partial charge in [0.2, 0.25) is 0 Å². The Balaban J connectivity index is 1.98. The third-order valence-electron chi connectivity index (χ3n) is 2.60. The third-order valence-corrected chi connectivity index (χ3v) is 3.33. The van der Waals surface area contributed by atoms with E-state index in [2.05, 4.69) is 16.8 Å². The summed E-state index contributed by atoms with van der Waals surface area (Å²) in [6.07, 6.45) is 0.922. The molecule has 0 saturated heterocycles. The van der Waals surface area contributed by atoms with E-state index in [1.54, 1.807) is 23.5 Å². The van der Waals surface area contributed by atoms with E-state index in [-0.39, 0.29) is 10.6 Å². The number of hydrogen-bond acceptors (Lipinski definition) is 4. The Morgan fingerprint density at radius 1 is 1.39 bits per heavy atom. The molecule has 4 nitrogen and oxygen atoms in total. The van der Waals surface area contributed by atoms with Crippen molar-refractivity contribution in [3.05, 3.63) is 56.3 Å². The summed E-state index contributed by atoms with van der Waals surface area (Å²) in [5, 5.41) is 18.1. The molecule has 0 aliphatic carbocycles. The van der Waals surface area contributed by atoms with Crippen LogP contribution in [0.5, 0.6) is 0 Å². The molecule has 0 aliphatic heterocycles. The maximum Gasteiger partial charge on any atom is 0.271 e. The first-order chi connectivity index (χ1) is 8.65. The van der Waals surface area contributed by atoms with Crippen molar-refractivity contribution in [3.8, 4) is 0 Å². The number of anilines is 1. The van der Waals surface area contributed by atoms with Crippen molar-refractivity contribution in [3.63, 3.8) is 0 Å². The molecule has 0 aliphatic rings. The van der Waals surface area contributed by atoms with E-state index in [0.29, 0.717) is 0 Å². The molecular weight excluding hydrogens is 248 g/mol. The van der Waals surface area contributed by atoms with Crippen LogP contribution in [0, 0.1) is 17.0 Å². The fourth-order valence-electron chi connectivity index (χ4n) is 1.76. The molecule has 1 aromatic carbocycles. The van der Waals surface area contributed by atoms with Gasteiger partial charge in [-0.3, -0.25) is 10.1 Å². The maximum absolute atomic E-state index is 10.7. The number of benzene rings is 1. The highest BCUT2D eigenvalue weighted by Gasteiger charge is 2.07. The SMILES string of the molecule is Cc1cc(NCCc2ccsc2)cc([N+](=O)[O-])c1. The summed E-state index contributed by atoms with van der Waals surface area (Å²) in [5.41, 5.74) is 3.11. The number of nitrogens with one attached hydrogen (secondary N) is 1. The van der Waals surface area contributed by atoms with Gasteiger partial charge in [-0.15, -0.1) is 0 Å². The van der Waals surface area contributed by atoms with Gasteiger partial charge in [-0.25, -0.2) is 0 Å². The van der Waals surface area contributed by atoms with E-state index in [1.165, 1.54) is 5.56 Å². The predicted octanol–water partition coefficient (Wildman–Crippen LogP) is 3.62. The molecule has 1 N–H and O–H groups in total. The molecule has 2 aromatic rings. The average molecular weight is 262 g/mol. The Labute approximate surface area is 109 Å². The molecule has 0 atom stereocenters. The van der Waals surface area contributed by atoms with Gasteiger partial charge in [0.1, 0.15) is 0 Å². The number of aryl methyl sites for hydroxylation is 1. The van der Waals surface area contributed by atoms with Gasteiger partial charge in [-0.2, -0.15) is 11.3 Å². The standard InChI is InChI=1S/C13H14N2O2S/c1-10-6-12(8-13(7-10)15(16)17)14-4-2-11-3-5-18-9-11/h3,5-9,14H,2,4H2,1H3. The smallest absolute Gasteiger partial charge is 0.271 e. The largest absolute Gasteiger partial charge is 0.385 e. The van der Waals surface area contributed by atoms with Crippen molar-refractivity contribution >= 4 is 22.7 Å². The van der Waals surface area contributed by atoms with Crippen LogP contribution in [0.3, 0.4) is 0 Å². The van der Waals surface area contributed by atoms with Gasteiger partial charge >= 0.3 is 0 Å². The van der Waals surface area contributed by atoms with Crippen LogP contribution < -0.4 is 5.32 Å². The van der Waals surface area contributed by atoms with Crippen LogP contribution in [-0.4, -0.2) is 11.5 Å². The van der Waals surface area contributed by atoms with Gasteiger partial charge in [0, 0.05) is 24.4 Å². The minimum Gasteiger partial charge on any atom is -0.385 e. The van der Waals surface area contributed by atoms with Crippen LogP contribution in [0.15, 0.2) is 35.0 Å². The molecule has 0 radical (unpaired) electrons. The number of nitrogens with zero attached hydrogens (tertiary/aromatic N) is 1. The zero-order valence-electron chi connectivity index (χ0n) is 10.1. The minimum absolute atomic E-state index is 0.132. The molecule has 1 aromatic heterocycles. The number of hydrogen-bond donors (Lipinski definition) is 1. The van der Waals surface area contributed by atoms with Crippen molar-refractivity contribution in [2.45, 2.75) is 13.3 Å². The lowest BCUT2D eigenvalue weighted by molar-refractivity contribution is -0.384. The number of nitro benzene ring substituents is 1. The zero-order chi connectivity index (χ0) is 13.0. The van der Waals surface area contributed by atoms with Crippen molar-refractivity contribution in [1.29, 1.82) is 0 Å². The normalized spacial score (nSPS) is 10.3. The fourth-order valence-corrected chi connectivity index (χ4v) is 2.46. The summed E-state index contributed by atoms with van der Waals surface area (Å²) < 4.78 is 0. The second-order valence-corrected chi connectivity index (χ2v) is 4.90. The molecule has 5 heteroatoms. The van der Waals surface area contributed by atoms with Gasteiger partial charge in [0.25, 0.3) is 5.69 Å². The highest BCUT2D eigenvalue weighted by atomic mass is 32.1. The van der Waals surface area contributed by atoms with Crippen molar-refractivity contribution < 1.29 is 4.92 Å². The van der Waals surface area contributed by atoms with E-state index >= 15 is 0 Å². The Morgan fingerprint density at radius 2 is 2.22 bits per heavy atom. The first-order valence-corrected chi connectivity index (χ1v) is 6.60. The second-order valence-electron chi connectivity index (χ2n) is 4.12. The van der Waals surface area contributed by atoms with E-state index in [1.807, 2.05) is 18.4 Å². The average Bonchev–Trinajstić information content (AvgIpc) is 2.81. The van der Waals surface area contributed by atoms with Crippen LogP contribution in [0.1, 0.15) is 11.1 Å². The molecule has 0 amide bonds. The van der Waals surface area contributed by atoms with Gasteiger partial charge in [-0.05, 0) is 47.4 Å². The van der Waals surface area contributed by atoms with E-state index in [9.17, 15) is 10.1 Å². The van der Waals surface area contributed by atoms with Gasteiger partial charge in [0.05, 0.1) is 4.92 Å². The summed E-state index contributed by atoms with van der Waals surface area (Å²) in [6.45, 7) is 2.63. The van der Waals surface area contributed by atoms with Crippen LogP contribution in [0.4, 0.5) is 11.4 Å². The van der Waals surface area contributed by atoms with Crippen LogP contribution in [0.25, 0.3) is 0 Å². The summed E-state index contributed by atoms with van der Waals surface area (Å²) in [4.78, 5) is 10.4. The van der Waals surface area contributed by atoms with E-state index in [0.717, 1.165) is 24.2 Å². The van der Waals surface area contributed by atoms with E-state index < -0.39 is 0 Å². The Morgan fingerprint density at radius 3 is 2.89 bits per heavy atom. The Bertz CT molecular complexity index is 538. The molecule has 0 fully saturated rings. The fraction of sp³-hybridized carbons (Fsp3) is 0.231. The monoisotopic (exact) mass is 262 g/mol. The van der Waals surface area contributed by atoms with E-state index in [4.69, 9.17) is 0 Å². The number of thiophene rings is 1. The topological polar surface area (TPSA) is 55.2 Å². The summed E-state index contributed by atoms with van der Waals surface area (Å²) in [6, 6.07) is 7.15. The van der Waals surface area contributed by atoms with Crippen LogP contribution >= 0.6 is 11.3 Å². The number of rotatable bonds is 5. The molecule has 0 bridgehead atoms. The summed E-state index contributed by atoms with van der Waals surface area (Å²) >= 11 is 1.68. The lowest BCUT2D eigenvalue weighted by Gasteiger charge is -2.06. The predicted molar refractivity (Wildman–Crippen MR) is 74.3 cm³/mol. The molecule has 0 unspecified atom stereocenters. The molecule has 0 spiro atoms. The molecule has 1 heterocycles. The first-order valence-electron chi connectivity index (χ1n) is 5.66. The Hall–Kier alpha value is -1.88. The van der Waals surface area contributed by atoms with Crippen LogP contribution in [-0.2, 0) is 6.42 Å². The van der Waals surface area contributed by atoms with Gasteiger partial charge < -0.3 is 5.32 Å². The number of non-ortho nitro benzene ring substituents is 1. The van der Waals surface area contributed by atoms with Crippen molar-refractivity contribution in [1.82, 2.24) is 0 Å². The lowest BCUT2D eigenvalue weighted by atomic mass is 10.2. The zero-order valence-corrected chi connectivity index (χ0v) is 10.9. The minimum atomic E-state index is -0.364. The third kappa shape index (κ3) is 3.30. The van der Waals surface area contributed by atoms with Crippen molar-refractivity contribution in [2.24, 2.45) is 0 Å². The molecular formula is C13H14N2O2S. The molecule has 0 saturated carbocycles. The highest BCUT2D eigenvalue weighted by Crippen LogP contribution is 2.20. The van der Waals surface area contributed by atoms with Gasteiger partial charge in [-0.1, -0.05) is 0 Å². The second kappa shape index (κ2) is 5.64. The summed E-state index contributed by atoms with van der Waals surface area (Å²) in [7, 11) is 0. The Kier molecular flexibility index (Phi) is 3.94. The first kappa shape index (κ1) is 12.6. The molecule has 18 heavy (non-hydrogen) atoms. The number of nitro groups is 1. The highest BCUT2D eigenvalue weighted by molar-refractivity contribution is 7.07. The maximum atomic E-state index is 10.7. The van der Waals surface area contributed by atoms with Gasteiger partial charge in [0.15, 0.2) is 0 Å².